The van der Waals surface area contributed by atoms with Crippen LogP contribution >= 0.6 is 6.72 Å². The molecule has 0 spiro atoms. The van der Waals surface area contributed by atoms with Crippen molar-refractivity contribution in [2.24, 2.45) is 0 Å². The fourth-order valence-electron chi connectivity index (χ4n) is 0.943. The molecule has 0 radical (unpaired) electrons. The summed E-state index contributed by atoms with van der Waals surface area (Å²) in [5.41, 5.74) is -0.0913. The highest BCUT2D eigenvalue weighted by Gasteiger charge is 2.24. The second-order valence-electron chi connectivity index (χ2n) is 2.71. The van der Waals surface area contributed by atoms with E-state index in [1.807, 2.05) is 12.2 Å². The summed E-state index contributed by atoms with van der Waals surface area (Å²) < 4.78 is 14.6. The highest BCUT2D eigenvalue weighted by molar-refractivity contribution is 8.07. The molecule has 0 unspecified atom stereocenters. The lowest BCUT2D eigenvalue weighted by Gasteiger charge is -2.15. The second kappa shape index (κ2) is 5.92. The highest BCUT2D eigenvalue weighted by Crippen LogP contribution is 2.49. The Morgan fingerprint density at radius 2 is 1.78 bits per heavy atom. The third-order valence-corrected chi connectivity index (χ3v) is 3.36. The molecule has 0 aliphatic carbocycles. The van der Waals surface area contributed by atoms with Gasteiger partial charge in [0.05, 0.1) is 4.92 Å². The van der Waals surface area contributed by atoms with E-state index >= 15 is 0 Å². The van der Waals surface area contributed by atoms with E-state index in [4.69, 9.17) is 29.2 Å². The number of hydrogen-bond acceptors (Lipinski definition) is 6. The normalized spacial score (nSPS) is 9.67. The summed E-state index contributed by atoms with van der Waals surface area (Å²) in [6.07, 6.45) is 13.5. The molecular formula is C10H14NO5PS. The van der Waals surface area contributed by atoms with Crippen LogP contribution in [-0.2, 0) is 20.9 Å². The first-order valence-electron chi connectivity index (χ1n) is 4.33. The number of nitro groups is 1. The van der Waals surface area contributed by atoms with Crippen molar-refractivity contribution in [2.75, 3.05) is 0 Å². The van der Waals surface area contributed by atoms with Gasteiger partial charge < -0.3 is 13.6 Å². The molecule has 18 heavy (non-hydrogen) atoms. The number of terminal acetylenes is 2. The minimum absolute atomic E-state index is 0. The van der Waals surface area contributed by atoms with E-state index < -0.39 is 11.6 Å². The Balaban J connectivity index is -0.000000405. The minimum Gasteiger partial charge on any atom is -0.406 e. The number of nitrogens with zero attached hydrogens (tertiary/aromatic N) is 1. The van der Waals surface area contributed by atoms with Gasteiger partial charge in [-0.1, -0.05) is 12.8 Å². The van der Waals surface area contributed by atoms with Crippen molar-refractivity contribution in [1.29, 1.82) is 0 Å². The molecule has 6 nitrogen and oxygen atoms in total. The average molecular weight is 291 g/mol. The van der Waals surface area contributed by atoms with Crippen molar-refractivity contribution in [2.45, 2.75) is 0 Å². The maximum Gasteiger partial charge on any atom is 0.507 e. The average Bonchev–Trinajstić information content (AvgIpc) is 2.30. The number of nitro benzene ring substituents is 1. The van der Waals surface area contributed by atoms with Crippen LogP contribution in [0.1, 0.15) is 5.71 Å². The first kappa shape index (κ1) is 13.9. The van der Waals surface area contributed by atoms with Crippen molar-refractivity contribution in [3.05, 3.63) is 34.4 Å². The van der Waals surface area contributed by atoms with Crippen molar-refractivity contribution < 1.29 is 24.2 Å². The molecule has 0 N–H and O–H groups in total. The van der Waals surface area contributed by atoms with Crippen molar-refractivity contribution in [1.82, 2.24) is 0 Å². The van der Waals surface area contributed by atoms with E-state index in [0.29, 0.717) is 0 Å². The third-order valence-electron chi connectivity index (χ3n) is 1.59. The quantitative estimate of drug-likeness (QED) is 0.358. The summed E-state index contributed by atoms with van der Waals surface area (Å²) in [7, 11) is 0. The molecule has 0 aliphatic heterocycles. The van der Waals surface area contributed by atoms with Gasteiger partial charge in [-0.3, -0.25) is 10.1 Å². The summed E-state index contributed by atoms with van der Waals surface area (Å²) in [5, 5.41) is 10.5. The van der Waals surface area contributed by atoms with E-state index in [1.165, 1.54) is 24.3 Å². The Hall–Kier alpha value is -2.21. The largest absolute Gasteiger partial charge is 0.507 e. The Bertz CT molecular complexity index is 566. The van der Waals surface area contributed by atoms with Crippen LogP contribution in [0.15, 0.2) is 24.3 Å². The summed E-state index contributed by atoms with van der Waals surface area (Å²) in [6, 6.07) is 5.14. The Morgan fingerprint density at radius 1 is 1.28 bits per heavy atom. The lowest BCUT2D eigenvalue weighted by atomic mass is 10.3. The van der Waals surface area contributed by atoms with Crippen LogP contribution in [0.4, 0.5) is 5.69 Å². The van der Waals surface area contributed by atoms with Gasteiger partial charge in [0, 0.05) is 29.6 Å². The zero-order chi connectivity index (χ0) is 13.6. The monoisotopic (exact) mass is 291 g/mol. The molecule has 0 fully saturated rings. The van der Waals surface area contributed by atoms with Gasteiger partial charge >= 0.3 is 6.72 Å². The van der Waals surface area contributed by atoms with Gasteiger partial charge in [-0.15, -0.1) is 0 Å². The minimum atomic E-state index is -3.29. The van der Waals surface area contributed by atoms with Gasteiger partial charge in [0.1, 0.15) is 18.0 Å². The van der Waals surface area contributed by atoms with Crippen LogP contribution in [0.2, 0.25) is 0 Å². The molecule has 0 atom stereocenters. The molecule has 0 saturated heterocycles. The predicted molar refractivity (Wildman–Crippen MR) is 76.3 cm³/mol. The van der Waals surface area contributed by atoms with Crippen LogP contribution in [-0.4, -0.2) is 4.92 Å². The highest BCUT2D eigenvalue weighted by atomic mass is 32.5. The third kappa shape index (κ3) is 3.67. The Morgan fingerprint density at radius 3 is 2.17 bits per heavy atom. The molecule has 1 aromatic carbocycles. The smallest absolute Gasteiger partial charge is 0.406 e. The van der Waals surface area contributed by atoms with Gasteiger partial charge in [0.2, 0.25) is 0 Å². The Labute approximate surface area is 114 Å². The van der Waals surface area contributed by atoms with Crippen molar-refractivity contribution in [3.8, 4) is 30.8 Å². The van der Waals surface area contributed by atoms with E-state index in [0.717, 1.165) is 0 Å². The van der Waals surface area contributed by atoms with Crippen LogP contribution in [0.5, 0.6) is 5.75 Å². The summed E-state index contributed by atoms with van der Waals surface area (Å²) >= 11 is 4.89. The molecule has 8 heteroatoms. The topological polar surface area (TPSA) is 70.8 Å². The van der Waals surface area contributed by atoms with Gasteiger partial charge in [-0.2, -0.15) is 0 Å². The van der Waals surface area contributed by atoms with Crippen LogP contribution < -0.4 is 4.52 Å². The van der Waals surface area contributed by atoms with Gasteiger partial charge in [0.15, 0.2) is 0 Å². The van der Waals surface area contributed by atoms with Gasteiger partial charge in [-0.25, -0.2) is 0 Å². The summed E-state index contributed by atoms with van der Waals surface area (Å²) in [6.45, 7) is -3.29. The molecule has 0 saturated carbocycles. The molecule has 0 amide bonds. The predicted octanol–water partition coefficient (Wildman–Crippen LogP) is 3.40. The molecule has 0 aromatic heterocycles. The number of hydrogen-bond donors (Lipinski definition) is 0. The van der Waals surface area contributed by atoms with Gasteiger partial charge in [0.25, 0.3) is 5.69 Å². The summed E-state index contributed by atoms with van der Waals surface area (Å²) in [4.78, 5) is 9.91. The standard InChI is InChI=1S/C10H6NO5PS.4H2/c1-3-14-17(18,15-4-2)16-10-7-5-9(6-8-10)11(12)13;;;;/h1-2,5-8H;4*1H. The maximum atomic E-state index is 10.5. The zero-order valence-electron chi connectivity index (χ0n) is 8.81. The maximum absolute atomic E-state index is 10.5. The van der Waals surface area contributed by atoms with Crippen molar-refractivity contribution in [3.63, 3.8) is 0 Å². The number of benzene rings is 1. The molecule has 0 bridgehead atoms. The van der Waals surface area contributed by atoms with Gasteiger partial charge in [-0.05, 0) is 12.1 Å². The zero-order valence-corrected chi connectivity index (χ0v) is 10.5. The second-order valence-corrected chi connectivity index (χ2v) is 5.49. The van der Waals surface area contributed by atoms with E-state index in [9.17, 15) is 10.1 Å². The molecule has 1 rings (SSSR count). The Kier molecular flexibility index (Phi) is 4.56. The molecular weight excluding hydrogens is 277 g/mol. The van der Waals surface area contributed by atoms with E-state index in [2.05, 4.69) is 9.05 Å². The summed E-state index contributed by atoms with van der Waals surface area (Å²) in [5.74, 6) is 0.203. The van der Waals surface area contributed by atoms with E-state index in [1.54, 1.807) is 0 Å². The SMILES string of the molecule is C#COP(=S)(OC#C)Oc1ccc([N+](=O)[O-])cc1.[HH].[HH].[HH].[HH]. The number of rotatable bonds is 5. The first-order valence-corrected chi connectivity index (χ1v) is 6.89. The fraction of sp³-hybridized carbons (Fsp3) is 0. The first-order chi connectivity index (χ1) is 8.50. The van der Waals surface area contributed by atoms with Crippen LogP contribution in [0.3, 0.4) is 0 Å². The molecule has 100 valence electrons. The van der Waals surface area contributed by atoms with E-state index in [-0.39, 0.29) is 17.1 Å². The molecule has 0 heterocycles. The lowest BCUT2D eigenvalue weighted by Crippen LogP contribution is -1.96. The van der Waals surface area contributed by atoms with Crippen molar-refractivity contribution >= 4 is 24.2 Å². The molecule has 1 aromatic rings. The molecule has 0 aliphatic rings. The van der Waals surface area contributed by atoms with Crippen LogP contribution in [0.25, 0.3) is 0 Å². The lowest BCUT2D eigenvalue weighted by molar-refractivity contribution is -0.384. The number of non-ortho nitro benzene ring substituents is 1. The fourth-order valence-corrected chi connectivity index (χ4v) is 2.21. The van der Waals surface area contributed by atoms with Crippen LogP contribution in [0, 0.1) is 35.2 Å².